The van der Waals surface area contributed by atoms with Crippen LogP contribution in [-0.2, 0) is 23.1 Å². The Kier molecular flexibility index (Phi) is 4.05. The number of nitrogens with zero attached hydrogens (tertiary/aromatic N) is 2. The van der Waals surface area contributed by atoms with Crippen molar-refractivity contribution in [1.82, 2.24) is 20.2 Å². The second-order valence-electron chi connectivity index (χ2n) is 10.7. The van der Waals surface area contributed by atoms with Crippen LogP contribution >= 0.6 is 0 Å². The van der Waals surface area contributed by atoms with Crippen molar-refractivity contribution in [3.8, 4) is 11.5 Å². The first-order chi connectivity index (χ1) is 16.0. The third-order valence-corrected chi connectivity index (χ3v) is 8.99. The van der Waals surface area contributed by atoms with E-state index in [4.69, 9.17) is 4.74 Å². The summed E-state index contributed by atoms with van der Waals surface area (Å²) in [5, 5.41) is 26.3. The van der Waals surface area contributed by atoms with Crippen molar-refractivity contribution in [2.24, 2.45) is 5.92 Å². The highest BCUT2D eigenvalue weighted by Crippen LogP contribution is 2.65. The number of benzene rings is 1. The molecule has 2 saturated carbocycles. The number of aromatic nitrogens is 2. The van der Waals surface area contributed by atoms with Gasteiger partial charge in [-0.3, -0.25) is 9.69 Å². The number of amides is 1. The number of nitrogens with one attached hydrogen (secondary N) is 2. The number of phenols is 1. The van der Waals surface area contributed by atoms with Gasteiger partial charge in [-0.1, -0.05) is 6.07 Å². The number of hydrogen-bond acceptors (Lipinski definition) is 6. The van der Waals surface area contributed by atoms with Crippen LogP contribution < -0.4 is 10.1 Å². The Hall–Kier alpha value is -2.58. The average molecular weight is 451 g/mol. The van der Waals surface area contributed by atoms with E-state index in [1.54, 1.807) is 18.5 Å². The lowest BCUT2D eigenvalue weighted by Gasteiger charge is -2.64. The second kappa shape index (κ2) is 6.73. The summed E-state index contributed by atoms with van der Waals surface area (Å²) in [7, 11) is 0. The Labute approximate surface area is 192 Å². The summed E-state index contributed by atoms with van der Waals surface area (Å²) in [5.41, 5.74) is 0.615. The van der Waals surface area contributed by atoms with Crippen LogP contribution in [-0.4, -0.2) is 67.9 Å². The van der Waals surface area contributed by atoms with E-state index >= 15 is 0 Å². The van der Waals surface area contributed by atoms with Gasteiger partial charge in [0.1, 0.15) is 11.9 Å². The first-order valence-corrected chi connectivity index (χ1v) is 12.3. The fourth-order valence-electron chi connectivity index (χ4n) is 7.43. The van der Waals surface area contributed by atoms with E-state index in [9.17, 15) is 15.0 Å². The van der Waals surface area contributed by atoms with E-state index in [0.717, 1.165) is 37.4 Å². The molecule has 3 aliphatic carbocycles. The van der Waals surface area contributed by atoms with Gasteiger partial charge in [-0.15, -0.1) is 0 Å². The molecular formula is C25H30N4O4. The summed E-state index contributed by atoms with van der Waals surface area (Å²) in [6, 6.07) is 3.54. The molecule has 1 aromatic carbocycles. The molecule has 1 amide bonds. The molecule has 3 fully saturated rings. The molecule has 8 heteroatoms. The van der Waals surface area contributed by atoms with Crippen LogP contribution in [0.2, 0.25) is 0 Å². The fraction of sp³-hybridized carbons (Fsp3) is 0.600. The summed E-state index contributed by atoms with van der Waals surface area (Å²) in [6.07, 6.45) is 8.50. The normalized spacial score (nSPS) is 36.2. The molecule has 1 saturated heterocycles. The topological polar surface area (TPSA) is 111 Å². The average Bonchev–Trinajstić information content (AvgIpc) is 3.31. The van der Waals surface area contributed by atoms with Crippen molar-refractivity contribution >= 4 is 5.91 Å². The molecule has 0 radical (unpaired) electrons. The van der Waals surface area contributed by atoms with Crippen LogP contribution in [0.4, 0.5) is 0 Å². The number of carbonyl (C=O) groups excluding carboxylic acids is 1. The van der Waals surface area contributed by atoms with Gasteiger partial charge in [-0.2, -0.15) is 0 Å². The van der Waals surface area contributed by atoms with Crippen molar-refractivity contribution in [3.05, 3.63) is 41.5 Å². The van der Waals surface area contributed by atoms with E-state index in [1.807, 2.05) is 6.07 Å². The van der Waals surface area contributed by atoms with Crippen LogP contribution in [0, 0.1) is 5.92 Å². The van der Waals surface area contributed by atoms with Gasteiger partial charge in [0.15, 0.2) is 11.5 Å². The first kappa shape index (κ1) is 19.9. The third kappa shape index (κ3) is 2.65. The summed E-state index contributed by atoms with van der Waals surface area (Å²) >= 11 is 0. The summed E-state index contributed by atoms with van der Waals surface area (Å²) in [6.45, 7) is 1.96. The van der Waals surface area contributed by atoms with Gasteiger partial charge in [0.25, 0.3) is 0 Å². The SMILES string of the molecule is O=C(Cc1ncc[nH]1)N[C@@H]1CC[C@@]2(O)[C@H]3Cc4ccc(O)c5c4[C@@]2(CCN3CC2CC2)[C@H]1O5. The van der Waals surface area contributed by atoms with Gasteiger partial charge in [-0.05, 0) is 62.6 Å². The number of imidazole rings is 1. The monoisotopic (exact) mass is 450 g/mol. The number of hydrogen-bond donors (Lipinski definition) is 4. The van der Waals surface area contributed by atoms with Gasteiger partial charge in [0, 0.05) is 30.5 Å². The van der Waals surface area contributed by atoms with Gasteiger partial charge in [0.05, 0.1) is 23.5 Å². The molecule has 2 aliphatic heterocycles. The number of likely N-dealkylation sites (tertiary alicyclic amines) is 1. The molecule has 2 aromatic rings. The van der Waals surface area contributed by atoms with Crippen LogP contribution in [0.1, 0.15) is 49.1 Å². The first-order valence-electron chi connectivity index (χ1n) is 12.3. The van der Waals surface area contributed by atoms with Crippen LogP contribution in [0.5, 0.6) is 11.5 Å². The van der Waals surface area contributed by atoms with Crippen molar-refractivity contribution in [2.75, 3.05) is 13.1 Å². The van der Waals surface area contributed by atoms with Crippen LogP contribution in [0.3, 0.4) is 0 Å². The number of carbonyl (C=O) groups is 1. The lowest BCUT2D eigenvalue weighted by Crippen LogP contribution is -2.78. The zero-order valence-electron chi connectivity index (χ0n) is 18.6. The highest BCUT2D eigenvalue weighted by atomic mass is 16.5. The minimum atomic E-state index is -0.931. The number of phenolic OH excluding ortho intramolecular Hbond substituents is 1. The molecule has 0 unspecified atom stereocenters. The Morgan fingerprint density at radius 1 is 1.30 bits per heavy atom. The molecule has 3 heterocycles. The maximum Gasteiger partial charge on any atom is 0.227 e. The Balaban J connectivity index is 1.27. The fourth-order valence-corrected chi connectivity index (χ4v) is 7.43. The quantitative estimate of drug-likeness (QED) is 0.548. The van der Waals surface area contributed by atoms with Gasteiger partial charge in [0.2, 0.25) is 5.91 Å². The largest absolute Gasteiger partial charge is 0.504 e. The molecule has 4 N–H and O–H groups in total. The highest BCUT2D eigenvalue weighted by Gasteiger charge is 2.73. The predicted molar refractivity (Wildman–Crippen MR) is 119 cm³/mol. The van der Waals surface area contributed by atoms with E-state index in [-0.39, 0.29) is 30.2 Å². The second-order valence-corrected chi connectivity index (χ2v) is 10.7. The zero-order valence-corrected chi connectivity index (χ0v) is 18.6. The smallest absolute Gasteiger partial charge is 0.227 e. The number of rotatable bonds is 5. The maximum atomic E-state index is 12.9. The number of aromatic amines is 1. The molecule has 7 rings (SSSR count). The van der Waals surface area contributed by atoms with Crippen LogP contribution in [0.15, 0.2) is 24.5 Å². The summed E-state index contributed by atoms with van der Waals surface area (Å²) in [5.74, 6) is 1.91. The molecule has 2 bridgehead atoms. The zero-order chi connectivity index (χ0) is 22.4. The van der Waals surface area contributed by atoms with E-state index in [1.165, 1.54) is 18.4 Å². The standard InChI is InChI=1S/C25H30N4O4/c30-17-4-3-15-11-18-25(32)6-5-16(28-20(31)12-19-26-8-9-27-19)23-24(25,21(15)22(17)33-23)7-10-29(18)13-14-1-2-14/h3-4,8-9,14,16,18,23,30,32H,1-2,5-7,10-13H2,(H,26,27)(H,28,31)/t16-,18-,23+,24+,25-/m1/s1. The lowest BCUT2D eigenvalue weighted by atomic mass is 9.48. The number of H-pyrrole nitrogens is 1. The number of aliphatic hydroxyl groups is 1. The third-order valence-electron chi connectivity index (χ3n) is 8.99. The molecule has 1 spiro atoms. The van der Waals surface area contributed by atoms with Crippen molar-refractivity contribution in [2.45, 2.75) is 74.1 Å². The van der Waals surface area contributed by atoms with Gasteiger partial charge < -0.3 is 25.3 Å². The van der Waals surface area contributed by atoms with Crippen molar-refractivity contribution < 1.29 is 19.7 Å². The molecule has 5 aliphatic rings. The molecule has 33 heavy (non-hydrogen) atoms. The minimum absolute atomic E-state index is 0.0423. The molecule has 174 valence electrons. The summed E-state index contributed by atoms with van der Waals surface area (Å²) in [4.78, 5) is 22.5. The lowest BCUT2D eigenvalue weighted by molar-refractivity contribution is -0.192. The van der Waals surface area contributed by atoms with Gasteiger partial charge >= 0.3 is 0 Å². The van der Waals surface area contributed by atoms with E-state index in [0.29, 0.717) is 24.4 Å². The summed E-state index contributed by atoms with van der Waals surface area (Å²) < 4.78 is 6.49. The van der Waals surface area contributed by atoms with Crippen molar-refractivity contribution in [1.29, 1.82) is 0 Å². The molecule has 8 nitrogen and oxygen atoms in total. The van der Waals surface area contributed by atoms with Crippen LogP contribution in [0.25, 0.3) is 0 Å². The Morgan fingerprint density at radius 2 is 2.18 bits per heavy atom. The minimum Gasteiger partial charge on any atom is -0.504 e. The Morgan fingerprint density at radius 3 is 2.97 bits per heavy atom. The molecular weight excluding hydrogens is 420 g/mol. The predicted octanol–water partition coefficient (Wildman–Crippen LogP) is 1.41. The van der Waals surface area contributed by atoms with Crippen molar-refractivity contribution in [3.63, 3.8) is 0 Å². The van der Waals surface area contributed by atoms with Gasteiger partial charge in [-0.25, -0.2) is 4.98 Å². The number of aromatic hydroxyl groups is 1. The molecule has 1 aromatic heterocycles. The highest BCUT2D eigenvalue weighted by molar-refractivity contribution is 5.78. The number of piperidine rings is 1. The van der Waals surface area contributed by atoms with E-state index < -0.39 is 17.1 Å². The maximum absolute atomic E-state index is 12.9. The number of ether oxygens (including phenoxy) is 1. The van der Waals surface area contributed by atoms with E-state index in [2.05, 4.69) is 20.2 Å². The molecule has 5 atom stereocenters. The Bertz CT molecular complexity index is 1120.